The molecule has 0 atom stereocenters. The van der Waals surface area contributed by atoms with E-state index in [9.17, 15) is 0 Å². The largest absolute Gasteiger partial charge is 0.416 e. The van der Waals surface area contributed by atoms with Gasteiger partial charge in [0.15, 0.2) is 8.32 Å². The maximum Gasteiger partial charge on any atom is 0.192 e. The number of rotatable bonds is 4. The second kappa shape index (κ2) is 7.19. The Kier molecular flexibility index (Phi) is 6.36. The third-order valence-corrected chi connectivity index (χ3v) is 10.2. The third kappa shape index (κ3) is 6.24. The van der Waals surface area contributed by atoms with Crippen LogP contribution in [0, 0.1) is 11.5 Å². The average molecular weight is 361 g/mol. The SMILES string of the molecule is CC(C)(CO[Si](C)(C)C(C)(C)C)c1cccc(C#C[Si](C)(C)C)c1. The van der Waals surface area contributed by atoms with Crippen LogP contribution in [0.5, 0.6) is 0 Å². The van der Waals surface area contributed by atoms with E-state index in [-0.39, 0.29) is 10.5 Å². The van der Waals surface area contributed by atoms with Crippen LogP contribution in [-0.2, 0) is 9.84 Å². The number of hydrogen-bond donors (Lipinski definition) is 0. The quantitative estimate of drug-likeness (QED) is 0.458. The van der Waals surface area contributed by atoms with E-state index in [1.54, 1.807) is 0 Å². The average Bonchev–Trinajstić information content (AvgIpc) is 2.42. The third-order valence-electron chi connectivity index (χ3n) is 4.83. The van der Waals surface area contributed by atoms with Crippen molar-refractivity contribution in [3.8, 4) is 11.5 Å². The highest BCUT2D eigenvalue weighted by Gasteiger charge is 2.38. The predicted molar refractivity (Wildman–Crippen MR) is 113 cm³/mol. The van der Waals surface area contributed by atoms with Gasteiger partial charge in [-0.1, -0.05) is 72.3 Å². The molecule has 0 saturated heterocycles. The van der Waals surface area contributed by atoms with E-state index < -0.39 is 16.4 Å². The highest BCUT2D eigenvalue weighted by molar-refractivity contribution is 6.83. The van der Waals surface area contributed by atoms with Crippen LogP contribution in [0.4, 0.5) is 0 Å². The van der Waals surface area contributed by atoms with Crippen molar-refractivity contribution in [3.63, 3.8) is 0 Å². The Morgan fingerprint density at radius 1 is 0.958 bits per heavy atom. The number of hydrogen-bond acceptors (Lipinski definition) is 1. The van der Waals surface area contributed by atoms with Crippen molar-refractivity contribution in [2.75, 3.05) is 6.61 Å². The van der Waals surface area contributed by atoms with E-state index in [2.05, 4.69) is 103 Å². The molecule has 1 rings (SSSR count). The van der Waals surface area contributed by atoms with E-state index in [1.165, 1.54) is 5.56 Å². The van der Waals surface area contributed by atoms with Crippen molar-refractivity contribution in [2.24, 2.45) is 0 Å². The minimum absolute atomic E-state index is 0.00757. The molecule has 0 heterocycles. The molecule has 134 valence electrons. The van der Waals surface area contributed by atoms with Crippen LogP contribution in [0.2, 0.25) is 37.8 Å². The van der Waals surface area contributed by atoms with Crippen LogP contribution in [0.25, 0.3) is 0 Å². The van der Waals surface area contributed by atoms with Gasteiger partial charge in [-0.05, 0) is 35.8 Å². The van der Waals surface area contributed by atoms with Gasteiger partial charge in [-0.3, -0.25) is 0 Å². The highest BCUT2D eigenvalue weighted by atomic mass is 28.4. The first-order chi connectivity index (χ1) is 10.6. The van der Waals surface area contributed by atoms with Crippen molar-refractivity contribution in [1.82, 2.24) is 0 Å². The first-order valence-corrected chi connectivity index (χ1v) is 15.3. The lowest BCUT2D eigenvalue weighted by Gasteiger charge is -2.39. The van der Waals surface area contributed by atoms with Gasteiger partial charge in [-0.25, -0.2) is 0 Å². The van der Waals surface area contributed by atoms with Gasteiger partial charge < -0.3 is 4.43 Å². The molecule has 0 amide bonds. The summed E-state index contributed by atoms with van der Waals surface area (Å²) in [7, 11) is -3.07. The number of benzene rings is 1. The zero-order valence-corrected chi connectivity index (χ0v) is 19.4. The molecular weight excluding hydrogens is 324 g/mol. The van der Waals surface area contributed by atoms with Gasteiger partial charge in [0.25, 0.3) is 0 Å². The summed E-state index contributed by atoms with van der Waals surface area (Å²) in [6.07, 6.45) is 0. The predicted octanol–water partition coefficient (Wildman–Crippen LogP) is 6.21. The Hall–Kier alpha value is -0.826. The molecule has 0 aliphatic rings. The highest BCUT2D eigenvalue weighted by Crippen LogP contribution is 2.38. The van der Waals surface area contributed by atoms with Crippen molar-refractivity contribution in [2.45, 2.75) is 77.8 Å². The normalized spacial score (nSPS) is 13.4. The molecule has 24 heavy (non-hydrogen) atoms. The maximum absolute atomic E-state index is 6.48. The van der Waals surface area contributed by atoms with Gasteiger partial charge in [-0.2, -0.15) is 0 Å². The molecule has 1 nitrogen and oxygen atoms in total. The van der Waals surface area contributed by atoms with Crippen molar-refractivity contribution >= 4 is 16.4 Å². The molecule has 3 heteroatoms. The summed E-state index contributed by atoms with van der Waals surface area (Å²) in [5.41, 5.74) is 5.88. The van der Waals surface area contributed by atoms with Crippen molar-refractivity contribution in [3.05, 3.63) is 35.4 Å². The molecule has 0 spiro atoms. The molecule has 0 N–H and O–H groups in total. The Morgan fingerprint density at radius 2 is 1.54 bits per heavy atom. The molecule has 0 aromatic heterocycles. The minimum Gasteiger partial charge on any atom is -0.416 e. The van der Waals surface area contributed by atoms with Crippen LogP contribution in [0.1, 0.15) is 45.7 Å². The van der Waals surface area contributed by atoms with Gasteiger partial charge in [0.05, 0.1) is 0 Å². The molecule has 0 bridgehead atoms. The second-order valence-electron chi connectivity index (χ2n) is 10.0. The molecule has 0 fully saturated rings. The molecule has 0 aliphatic heterocycles. The Bertz CT molecular complexity index is 620. The van der Waals surface area contributed by atoms with E-state index >= 15 is 0 Å². The van der Waals surface area contributed by atoms with Gasteiger partial charge in [-0.15, -0.1) is 5.54 Å². The molecule has 0 saturated carbocycles. The zero-order chi connectivity index (χ0) is 18.8. The summed E-state index contributed by atoms with van der Waals surface area (Å²) in [6.45, 7) is 23.6. The fourth-order valence-electron chi connectivity index (χ4n) is 1.94. The Labute approximate surface area is 152 Å². The second-order valence-corrected chi connectivity index (χ2v) is 19.6. The summed E-state index contributed by atoms with van der Waals surface area (Å²) < 4.78 is 6.48. The van der Waals surface area contributed by atoms with E-state index in [1.807, 2.05) is 0 Å². The maximum atomic E-state index is 6.48. The lowest BCUT2D eigenvalue weighted by Crippen LogP contribution is -2.43. The van der Waals surface area contributed by atoms with Crippen LogP contribution >= 0.6 is 0 Å². The van der Waals surface area contributed by atoms with E-state index in [0.717, 1.165) is 12.2 Å². The fraction of sp³-hybridized carbons (Fsp3) is 0.619. The first kappa shape index (κ1) is 21.2. The smallest absolute Gasteiger partial charge is 0.192 e. The molecule has 0 radical (unpaired) electrons. The van der Waals surface area contributed by atoms with Crippen LogP contribution in [0.15, 0.2) is 24.3 Å². The Balaban J connectivity index is 2.97. The van der Waals surface area contributed by atoms with E-state index in [4.69, 9.17) is 4.43 Å². The molecular formula is C21H36OSi2. The Morgan fingerprint density at radius 3 is 2.04 bits per heavy atom. The summed E-state index contributed by atoms with van der Waals surface area (Å²) in [6, 6.07) is 8.68. The lowest BCUT2D eigenvalue weighted by molar-refractivity contribution is 0.220. The minimum atomic E-state index is -1.72. The lowest BCUT2D eigenvalue weighted by atomic mass is 9.85. The first-order valence-electron chi connectivity index (χ1n) is 8.92. The van der Waals surface area contributed by atoms with Gasteiger partial charge >= 0.3 is 0 Å². The van der Waals surface area contributed by atoms with Gasteiger partial charge in [0.1, 0.15) is 8.07 Å². The van der Waals surface area contributed by atoms with Crippen LogP contribution in [0.3, 0.4) is 0 Å². The summed E-state index contributed by atoms with van der Waals surface area (Å²) in [5.74, 6) is 3.37. The van der Waals surface area contributed by atoms with Gasteiger partial charge in [0, 0.05) is 17.6 Å². The van der Waals surface area contributed by atoms with Crippen LogP contribution in [-0.4, -0.2) is 23.0 Å². The summed E-state index contributed by atoms with van der Waals surface area (Å²) in [4.78, 5) is 0. The van der Waals surface area contributed by atoms with Crippen molar-refractivity contribution in [1.29, 1.82) is 0 Å². The fourth-order valence-corrected chi connectivity index (χ4v) is 3.61. The molecule has 1 aromatic rings. The molecule has 0 aliphatic carbocycles. The standard InChI is InChI=1S/C21H36OSi2/c1-20(2,3)24(9,10)22-17-21(4,5)19-13-11-12-18(16-19)14-15-23(6,7)8/h11-13,16H,17H2,1-10H3. The molecule has 1 aromatic carbocycles. The summed E-state index contributed by atoms with van der Waals surface area (Å²) >= 11 is 0. The zero-order valence-electron chi connectivity index (χ0n) is 17.4. The van der Waals surface area contributed by atoms with E-state index in [0.29, 0.717) is 0 Å². The van der Waals surface area contributed by atoms with Crippen LogP contribution < -0.4 is 0 Å². The molecule has 0 unspecified atom stereocenters. The van der Waals surface area contributed by atoms with Crippen molar-refractivity contribution < 1.29 is 4.43 Å². The monoisotopic (exact) mass is 360 g/mol. The summed E-state index contributed by atoms with van der Waals surface area (Å²) in [5, 5.41) is 0.244. The van der Waals surface area contributed by atoms with Gasteiger partial charge in [0.2, 0.25) is 0 Å². The topological polar surface area (TPSA) is 9.23 Å².